The number of nitrogens with zero attached hydrogens (tertiary/aromatic N) is 5. The van der Waals surface area contributed by atoms with Gasteiger partial charge < -0.3 is 19.6 Å². The SMILES string of the molecule is CN(CC(=O)N1CCCCCC1)c1nc(-c2cc(OCCO)ccn2)nc2c1CCC2. The van der Waals surface area contributed by atoms with Crippen molar-refractivity contribution >= 4 is 11.7 Å². The zero-order valence-corrected chi connectivity index (χ0v) is 18.2. The van der Waals surface area contributed by atoms with Gasteiger partial charge in [-0.3, -0.25) is 9.78 Å². The monoisotopic (exact) mass is 425 g/mol. The molecule has 0 aromatic carbocycles. The van der Waals surface area contributed by atoms with E-state index in [-0.39, 0.29) is 19.1 Å². The Labute approximate surface area is 183 Å². The number of carbonyl (C=O) groups excluding carboxylic acids is 1. The minimum atomic E-state index is -0.0486. The summed E-state index contributed by atoms with van der Waals surface area (Å²) in [6.07, 6.45) is 9.12. The second kappa shape index (κ2) is 10.0. The normalized spacial score (nSPS) is 16.0. The Balaban J connectivity index is 1.58. The first-order valence-corrected chi connectivity index (χ1v) is 11.2. The third kappa shape index (κ3) is 5.12. The van der Waals surface area contributed by atoms with Gasteiger partial charge in [0.25, 0.3) is 0 Å². The summed E-state index contributed by atoms with van der Waals surface area (Å²) in [7, 11) is 1.94. The van der Waals surface area contributed by atoms with E-state index in [2.05, 4.69) is 4.98 Å². The average molecular weight is 426 g/mol. The smallest absolute Gasteiger partial charge is 0.242 e. The highest BCUT2D eigenvalue weighted by molar-refractivity contribution is 5.81. The van der Waals surface area contributed by atoms with Gasteiger partial charge in [-0.05, 0) is 38.2 Å². The van der Waals surface area contributed by atoms with Crippen LogP contribution in [0.15, 0.2) is 18.3 Å². The maximum Gasteiger partial charge on any atom is 0.242 e. The molecule has 0 radical (unpaired) electrons. The Hall–Kier alpha value is -2.74. The molecule has 8 heteroatoms. The number of amides is 1. The van der Waals surface area contributed by atoms with E-state index in [9.17, 15) is 4.79 Å². The number of carbonyl (C=O) groups is 1. The van der Waals surface area contributed by atoms with Gasteiger partial charge in [0, 0.05) is 43.7 Å². The Kier molecular flexibility index (Phi) is 6.96. The van der Waals surface area contributed by atoms with Crippen molar-refractivity contribution < 1.29 is 14.6 Å². The van der Waals surface area contributed by atoms with Crippen molar-refractivity contribution in [1.29, 1.82) is 0 Å². The number of aryl methyl sites for hydroxylation is 1. The number of aliphatic hydroxyl groups excluding tert-OH is 1. The third-order valence-electron chi connectivity index (χ3n) is 5.92. The minimum absolute atomic E-state index is 0.0486. The van der Waals surface area contributed by atoms with Crippen LogP contribution in [0.5, 0.6) is 5.75 Å². The molecule has 1 aliphatic heterocycles. The first-order chi connectivity index (χ1) is 15.2. The molecule has 166 valence electrons. The van der Waals surface area contributed by atoms with Crippen molar-refractivity contribution in [2.24, 2.45) is 0 Å². The molecule has 1 fully saturated rings. The molecule has 0 saturated carbocycles. The predicted octanol–water partition coefficient (Wildman–Crippen LogP) is 2.24. The van der Waals surface area contributed by atoms with Gasteiger partial charge in [0.1, 0.15) is 23.9 Å². The first kappa shape index (κ1) is 21.5. The fourth-order valence-electron chi connectivity index (χ4n) is 4.33. The molecule has 1 amide bonds. The van der Waals surface area contributed by atoms with Gasteiger partial charge in [-0.1, -0.05) is 12.8 Å². The molecule has 0 bridgehead atoms. The molecule has 1 N–H and O–H groups in total. The fraction of sp³-hybridized carbons (Fsp3) is 0.565. The number of hydrogen-bond donors (Lipinski definition) is 1. The van der Waals surface area contributed by atoms with Crippen LogP contribution in [0, 0.1) is 0 Å². The van der Waals surface area contributed by atoms with E-state index >= 15 is 0 Å². The number of fused-ring (bicyclic) bond motifs is 1. The zero-order chi connectivity index (χ0) is 21.6. The lowest BCUT2D eigenvalue weighted by Gasteiger charge is -2.26. The first-order valence-electron chi connectivity index (χ1n) is 11.2. The molecule has 0 spiro atoms. The molecule has 2 aromatic heterocycles. The highest BCUT2D eigenvalue weighted by Crippen LogP contribution is 2.31. The number of hydrogen-bond acceptors (Lipinski definition) is 7. The van der Waals surface area contributed by atoms with Crippen molar-refractivity contribution in [3.8, 4) is 17.3 Å². The molecule has 31 heavy (non-hydrogen) atoms. The predicted molar refractivity (Wildman–Crippen MR) is 118 cm³/mol. The largest absolute Gasteiger partial charge is 0.491 e. The lowest BCUT2D eigenvalue weighted by molar-refractivity contribution is -0.129. The molecule has 1 saturated heterocycles. The summed E-state index contributed by atoms with van der Waals surface area (Å²) in [5.41, 5.74) is 2.80. The fourth-order valence-corrected chi connectivity index (χ4v) is 4.33. The molecule has 2 aromatic rings. The maximum atomic E-state index is 12.9. The molecular weight excluding hydrogens is 394 g/mol. The third-order valence-corrected chi connectivity index (χ3v) is 5.92. The van der Waals surface area contributed by atoms with Crippen LogP contribution in [0.4, 0.5) is 5.82 Å². The molecule has 4 rings (SSSR count). The van der Waals surface area contributed by atoms with E-state index in [0.29, 0.717) is 23.8 Å². The van der Waals surface area contributed by atoms with E-state index in [4.69, 9.17) is 19.8 Å². The number of likely N-dealkylation sites (tertiary alicyclic amines) is 1. The highest BCUT2D eigenvalue weighted by atomic mass is 16.5. The van der Waals surface area contributed by atoms with Gasteiger partial charge in [-0.25, -0.2) is 9.97 Å². The van der Waals surface area contributed by atoms with E-state index < -0.39 is 0 Å². The number of ether oxygens (including phenoxy) is 1. The van der Waals surface area contributed by atoms with Crippen molar-refractivity contribution in [3.05, 3.63) is 29.6 Å². The lowest BCUT2D eigenvalue weighted by atomic mass is 10.2. The van der Waals surface area contributed by atoms with Crippen LogP contribution >= 0.6 is 0 Å². The molecule has 0 unspecified atom stereocenters. The number of rotatable bonds is 7. The quantitative estimate of drug-likeness (QED) is 0.727. The van der Waals surface area contributed by atoms with Gasteiger partial charge in [-0.2, -0.15) is 0 Å². The molecular formula is C23H31N5O3. The van der Waals surface area contributed by atoms with Crippen LogP contribution < -0.4 is 9.64 Å². The molecule has 1 aliphatic carbocycles. The van der Waals surface area contributed by atoms with Gasteiger partial charge in [0.2, 0.25) is 5.91 Å². The van der Waals surface area contributed by atoms with Crippen LogP contribution in [0.3, 0.4) is 0 Å². The Morgan fingerprint density at radius 2 is 1.97 bits per heavy atom. The summed E-state index contributed by atoms with van der Waals surface area (Å²) in [6, 6.07) is 3.54. The number of likely N-dealkylation sites (N-methyl/N-ethyl adjacent to an activating group) is 1. The maximum absolute atomic E-state index is 12.9. The van der Waals surface area contributed by atoms with Gasteiger partial charge in [0.05, 0.1) is 13.2 Å². The highest BCUT2D eigenvalue weighted by Gasteiger charge is 2.25. The van der Waals surface area contributed by atoms with E-state index in [1.54, 1.807) is 18.3 Å². The van der Waals surface area contributed by atoms with Crippen LogP contribution in [0.25, 0.3) is 11.5 Å². The lowest BCUT2D eigenvalue weighted by Crippen LogP contribution is -2.40. The number of pyridine rings is 1. The van der Waals surface area contributed by atoms with Crippen LogP contribution in [0.1, 0.15) is 43.4 Å². The summed E-state index contributed by atoms with van der Waals surface area (Å²) < 4.78 is 5.51. The Bertz CT molecular complexity index is 912. The van der Waals surface area contributed by atoms with Crippen LogP contribution in [-0.2, 0) is 17.6 Å². The summed E-state index contributed by atoms with van der Waals surface area (Å²) >= 11 is 0. The standard InChI is InChI=1S/C23H31N5O3/c1-27(16-21(30)28-11-4-2-3-5-12-28)23-18-7-6-8-19(18)25-22(26-23)20-15-17(9-10-24-20)31-14-13-29/h9-10,15,29H,2-8,11-14,16H2,1H3. The van der Waals surface area contributed by atoms with Gasteiger partial charge >= 0.3 is 0 Å². The number of aromatic nitrogens is 3. The second-order valence-corrected chi connectivity index (χ2v) is 8.25. The van der Waals surface area contributed by atoms with Crippen molar-refractivity contribution in [1.82, 2.24) is 19.9 Å². The van der Waals surface area contributed by atoms with Crippen molar-refractivity contribution in [3.63, 3.8) is 0 Å². The zero-order valence-electron chi connectivity index (χ0n) is 18.2. The van der Waals surface area contributed by atoms with Crippen LogP contribution in [0.2, 0.25) is 0 Å². The average Bonchev–Trinajstić information content (AvgIpc) is 3.09. The molecule has 2 aliphatic rings. The summed E-state index contributed by atoms with van der Waals surface area (Å²) in [4.78, 5) is 30.9. The summed E-state index contributed by atoms with van der Waals surface area (Å²) in [5, 5.41) is 9.00. The van der Waals surface area contributed by atoms with E-state index in [1.807, 2.05) is 16.8 Å². The van der Waals surface area contributed by atoms with Crippen molar-refractivity contribution in [2.75, 3.05) is 44.8 Å². The Morgan fingerprint density at radius 3 is 2.74 bits per heavy atom. The van der Waals surface area contributed by atoms with Gasteiger partial charge in [0.15, 0.2) is 5.82 Å². The summed E-state index contributed by atoms with van der Waals surface area (Å²) in [5.74, 6) is 2.14. The second-order valence-electron chi connectivity index (χ2n) is 8.25. The number of anilines is 1. The van der Waals surface area contributed by atoms with E-state index in [0.717, 1.165) is 62.3 Å². The van der Waals surface area contributed by atoms with Crippen molar-refractivity contribution in [2.45, 2.75) is 44.9 Å². The molecule has 0 atom stereocenters. The Morgan fingerprint density at radius 1 is 1.16 bits per heavy atom. The van der Waals surface area contributed by atoms with E-state index in [1.165, 1.54) is 12.8 Å². The number of aliphatic hydroxyl groups is 1. The van der Waals surface area contributed by atoms with Gasteiger partial charge in [-0.15, -0.1) is 0 Å². The topological polar surface area (TPSA) is 91.7 Å². The van der Waals surface area contributed by atoms with Crippen LogP contribution in [-0.4, -0.2) is 70.8 Å². The summed E-state index contributed by atoms with van der Waals surface area (Å²) in [6.45, 7) is 2.19. The molecule has 3 heterocycles. The molecule has 8 nitrogen and oxygen atoms in total. The minimum Gasteiger partial charge on any atom is -0.491 e.